The Labute approximate surface area is 177 Å². The number of hydrogen-bond acceptors (Lipinski definition) is 4. The first-order valence-electron chi connectivity index (χ1n) is 9.08. The highest BCUT2D eigenvalue weighted by Gasteiger charge is 2.21. The van der Waals surface area contributed by atoms with Gasteiger partial charge in [0.15, 0.2) is 0 Å². The maximum absolute atomic E-state index is 11.6. The predicted octanol–water partition coefficient (Wildman–Crippen LogP) is 1.90. The van der Waals surface area contributed by atoms with E-state index < -0.39 is 12.6 Å². The molecule has 0 heterocycles. The molecule has 3 rings (SSSR count). The van der Waals surface area contributed by atoms with Gasteiger partial charge in [-0.1, -0.05) is 103 Å². The minimum Gasteiger partial charge on any atom is -0.797 e. The number of rotatable bonds is 6. The van der Waals surface area contributed by atoms with Crippen molar-refractivity contribution < 1.29 is 25.7 Å². The Kier molecular flexibility index (Phi) is 10.9. The molecule has 3 atom stereocenters. The number of hydrogen-bond donors (Lipinski definition) is 2. The normalized spacial score (nSPS) is 14.3. The van der Waals surface area contributed by atoms with E-state index in [1.807, 2.05) is 66.7 Å². The summed E-state index contributed by atoms with van der Waals surface area (Å²) in [5, 5.41) is 10.8. The van der Waals surface area contributed by atoms with E-state index in [0.717, 1.165) is 11.1 Å². The minimum atomic E-state index is -2.96. The van der Waals surface area contributed by atoms with Gasteiger partial charge in [-0.2, -0.15) is 0 Å². The van der Waals surface area contributed by atoms with E-state index >= 15 is 0 Å². The summed E-state index contributed by atoms with van der Waals surface area (Å²) in [5.41, 5.74) is 6.00. The number of quaternary nitrogens is 1. The Hall–Kier alpha value is -1.89. The maximum atomic E-state index is 11.6. The van der Waals surface area contributed by atoms with Crippen molar-refractivity contribution in [2.24, 2.45) is 0 Å². The molecule has 0 spiro atoms. The Morgan fingerprint density at radius 1 is 0.897 bits per heavy atom. The summed E-state index contributed by atoms with van der Waals surface area (Å²) in [6.45, 7) is -0.797. The van der Waals surface area contributed by atoms with Gasteiger partial charge >= 0.3 is 0 Å². The van der Waals surface area contributed by atoms with E-state index in [9.17, 15) is 10.00 Å². The SMILES string of the molecule is CCOP([O-])(=S)c1ccccc1.O.[NH3+][C@H](c1ccccc1)[C@@H](O)c1ccccc1. The smallest absolute Gasteiger partial charge is 0.140 e. The van der Waals surface area contributed by atoms with E-state index in [1.165, 1.54) is 0 Å². The van der Waals surface area contributed by atoms with Crippen LogP contribution < -0.4 is 15.9 Å². The molecule has 29 heavy (non-hydrogen) atoms. The highest BCUT2D eigenvalue weighted by molar-refractivity contribution is 8.12. The van der Waals surface area contributed by atoms with Crippen LogP contribution in [-0.2, 0) is 16.3 Å². The van der Waals surface area contributed by atoms with Gasteiger partial charge in [-0.15, -0.1) is 0 Å². The minimum absolute atomic E-state index is 0. The van der Waals surface area contributed by atoms with Crippen molar-refractivity contribution in [1.29, 1.82) is 0 Å². The summed E-state index contributed by atoms with van der Waals surface area (Å²) >= 11 is 4.84. The van der Waals surface area contributed by atoms with E-state index in [-0.39, 0.29) is 11.5 Å². The lowest BCUT2D eigenvalue weighted by molar-refractivity contribution is -0.446. The standard InChI is InChI=1S/C14H15NO.C8H11O2PS.H2O/c15-13(11-7-3-1-4-8-11)14(16)12-9-5-2-6-10-12;1-2-10-11(9,12)8-6-4-3-5-7-8;/h1-10,13-14,16H,15H2;3-7H,2H2,1H3,(H,9,12);1H2/t13-,14+;;/m1../s1. The van der Waals surface area contributed by atoms with E-state index in [0.29, 0.717) is 11.9 Å². The molecule has 0 aromatic heterocycles. The van der Waals surface area contributed by atoms with Crippen LogP contribution >= 0.6 is 6.49 Å². The molecule has 3 aromatic carbocycles. The van der Waals surface area contributed by atoms with Crippen LogP contribution in [0.3, 0.4) is 0 Å². The Balaban J connectivity index is 0.000000292. The zero-order valence-electron chi connectivity index (χ0n) is 16.3. The van der Waals surface area contributed by atoms with Crippen molar-refractivity contribution in [3.63, 3.8) is 0 Å². The third kappa shape index (κ3) is 7.80. The van der Waals surface area contributed by atoms with Gasteiger partial charge in [0.1, 0.15) is 12.1 Å². The molecule has 5 nitrogen and oxygen atoms in total. The molecule has 0 fully saturated rings. The van der Waals surface area contributed by atoms with Gasteiger partial charge < -0.3 is 25.7 Å². The van der Waals surface area contributed by atoms with Gasteiger partial charge in [-0.3, -0.25) is 0 Å². The number of aliphatic hydroxyl groups is 1. The van der Waals surface area contributed by atoms with Crippen molar-refractivity contribution in [2.45, 2.75) is 19.1 Å². The number of aliphatic hydroxyl groups excluding tert-OH is 1. The Morgan fingerprint density at radius 2 is 1.31 bits per heavy atom. The monoisotopic (exact) mass is 433 g/mol. The lowest BCUT2D eigenvalue weighted by atomic mass is 9.97. The first kappa shape index (κ1) is 25.1. The van der Waals surface area contributed by atoms with Crippen molar-refractivity contribution in [2.75, 3.05) is 6.61 Å². The summed E-state index contributed by atoms with van der Waals surface area (Å²) in [4.78, 5) is 11.6. The molecule has 0 aliphatic carbocycles. The molecule has 7 heteroatoms. The maximum Gasteiger partial charge on any atom is 0.140 e. The van der Waals surface area contributed by atoms with Crippen molar-refractivity contribution in [3.05, 3.63) is 102 Å². The van der Waals surface area contributed by atoms with Gasteiger partial charge in [0.05, 0.1) is 0 Å². The lowest BCUT2D eigenvalue weighted by Gasteiger charge is -2.27. The third-order valence-electron chi connectivity index (χ3n) is 4.12. The zero-order valence-corrected chi connectivity index (χ0v) is 18.1. The zero-order chi connectivity index (χ0) is 20.4. The Morgan fingerprint density at radius 3 is 1.76 bits per heavy atom. The number of benzene rings is 3. The molecule has 6 N–H and O–H groups in total. The highest BCUT2D eigenvalue weighted by atomic mass is 32.5. The van der Waals surface area contributed by atoms with Crippen LogP contribution in [0, 0.1) is 0 Å². The van der Waals surface area contributed by atoms with E-state index in [1.54, 1.807) is 31.2 Å². The molecule has 0 saturated heterocycles. The van der Waals surface area contributed by atoms with Gasteiger partial charge in [0, 0.05) is 18.7 Å². The molecular weight excluding hydrogens is 405 g/mol. The molecule has 0 aliphatic rings. The van der Waals surface area contributed by atoms with Gasteiger partial charge in [-0.05, 0) is 17.8 Å². The molecule has 0 saturated carbocycles. The molecule has 156 valence electrons. The van der Waals surface area contributed by atoms with Gasteiger partial charge in [-0.25, -0.2) is 0 Å². The Bertz CT molecular complexity index is 822. The van der Waals surface area contributed by atoms with Crippen LogP contribution in [0.2, 0.25) is 0 Å². The molecular formula is C22H28NO4PS. The fourth-order valence-corrected chi connectivity index (χ4v) is 4.33. The highest BCUT2D eigenvalue weighted by Crippen LogP contribution is 2.35. The van der Waals surface area contributed by atoms with Crippen LogP contribution in [-0.4, -0.2) is 17.2 Å². The fraction of sp³-hybridized carbons (Fsp3) is 0.182. The van der Waals surface area contributed by atoms with E-state index in [2.05, 4.69) is 5.73 Å². The lowest BCUT2D eigenvalue weighted by Crippen LogP contribution is -2.56. The fourth-order valence-electron chi connectivity index (χ4n) is 2.62. The average Bonchev–Trinajstić information content (AvgIpc) is 2.75. The van der Waals surface area contributed by atoms with Crippen molar-refractivity contribution >= 4 is 23.6 Å². The molecule has 0 aliphatic heterocycles. The second-order valence-corrected chi connectivity index (χ2v) is 9.34. The van der Waals surface area contributed by atoms with Crippen LogP contribution in [0.1, 0.15) is 30.2 Å². The largest absolute Gasteiger partial charge is 0.797 e. The second kappa shape index (κ2) is 12.6. The molecule has 3 aromatic rings. The summed E-state index contributed by atoms with van der Waals surface area (Å²) < 4.78 is 4.99. The van der Waals surface area contributed by atoms with Crippen molar-refractivity contribution in [1.82, 2.24) is 0 Å². The van der Waals surface area contributed by atoms with Crippen LogP contribution in [0.25, 0.3) is 0 Å². The summed E-state index contributed by atoms with van der Waals surface area (Å²) in [6.07, 6.45) is -0.552. The van der Waals surface area contributed by atoms with Gasteiger partial charge in [0.25, 0.3) is 0 Å². The van der Waals surface area contributed by atoms with Gasteiger partial charge in [0.2, 0.25) is 0 Å². The van der Waals surface area contributed by atoms with E-state index in [4.69, 9.17) is 16.3 Å². The molecule has 0 radical (unpaired) electrons. The second-order valence-electron chi connectivity index (χ2n) is 6.12. The predicted molar refractivity (Wildman–Crippen MR) is 119 cm³/mol. The summed E-state index contributed by atoms with van der Waals surface area (Å²) in [5.74, 6) is 0. The third-order valence-corrected chi connectivity index (χ3v) is 6.60. The molecule has 1 unspecified atom stereocenters. The molecule has 0 amide bonds. The van der Waals surface area contributed by atoms with Crippen LogP contribution in [0.4, 0.5) is 0 Å². The quantitative estimate of drug-likeness (QED) is 0.578. The summed E-state index contributed by atoms with van der Waals surface area (Å²) in [6, 6.07) is 28.3. The summed E-state index contributed by atoms with van der Waals surface area (Å²) in [7, 11) is 0. The first-order valence-corrected chi connectivity index (χ1v) is 11.7. The van der Waals surface area contributed by atoms with Crippen molar-refractivity contribution in [3.8, 4) is 0 Å². The van der Waals surface area contributed by atoms with Crippen LogP contribution in [0.5, 0.6) is 0 Å². The molecule has 0 bridgehead atoms. The topological polar surface area (TPSA) is 112 Å². The average molecular weight is 434 g/mol. The van der Waals surface area contributed by atoms with Crippen LogP contribution in [0.15, 0.2) is 91.0 Å². The first-order chi connectivity index (χ1) is 13.5.